The quantitative estimate of drug-likeness (QED) is 0.752. The fourth-order valence-electron chi connectivity index (χ4n) is 1.46. The molecule has 1 atom stereocenters. The van der Waals surface area contributed by atoms with Crippen molar-refractivity contribution in [3.63, 3.8) is 0 Å². The van der Waals surface area contributed by atoms with Gasteiger partial charge in [-0.2, -0.15) is 11.8 Å². The van der Waals surface area contributed by atoms with Gasteiger partial charge in [-0.05, 0) is 36.6 Å². The molecule has 0 aromatic heterocycles. The van der Waals surface area contributed by atoms with Crippen LogP contribution in [0.2, 0.25) is 10.0 Å². The molecule has 2 N–H and O–H groups in total. The second kappa shape index (κ2) is 9.02. The highest BCUT2D eigenvalue weighted by molar-refractivity contribution is 7.98. The summed E-state index contributed by atoms with van der Waals surface area (Å²) in [6.45, 7) is -0.315. The lowest BCUT2D eigenvalue weighted by Gasteiger charge is -2.14. The fourth-order valence-corrected chi connectivity index (χ4v) is 2.40. The lowest BCUT2D eigenvalue weighted by molar-refractivity contribution is -0.142. The number of thioether (sulfide) groups is 1. The van der Waals surface area contributed by atoms with Gasteiger partial charge >= 0.3 is 5.97 Å². The highest BCUT2D eigenvalue weighted by Crippen LogP contribution is 2.27. The monoisotopic (exact) mass is 351 g/mol. The van der Waals surface area contributed by atoms with E-state index in [1.165, 1.54) is 17.8 Å². The molecule has 1 amide bonds. The summed E-state index contributed by atoms with van der Waals surface area (Å²) in [5.74, 6) is -0.634. The van der Waals surface area contributed by atoms with Gasteiger partial charge in [0.05, 0.1) is 5.02 Å². The summed E-state index contributed by atoms with van der Waals surface area (Å²) < 4.78 is 5.24. The number of benzene rings is 1. The van der Waals surface area contributed by atoms with Gasteiger partial charge < -0.3 is 15.2 Å². The Balaban J connectivity index is 2.50. The highest BCUT2D eigenvalue weighted by atomic mass is 35.5. The summed E-state index contributed by atoms with van der Waals surface area (Å²) in [4.78, 5) is 22.7. The van der Waals surface area contributed by atoms with Crippen LogP contribution < -0.4 is 10.1 Å². The van der Waals surface area contributed by atoms with Crippen LogP contribution in [0.3, 0.4) is 0 Å². The number of halogens is 2. The van der Waals surface area contributed by atoms with Crippen molar-refractivity contribution in [1.82, 2.24) is 5.32 Å². The maximum atomic E-state index is 11.7. The molecule has 21 heavy (non-hydrogen) atoms. The van der Waals surface area contributed by atoms with E-state index in [9.17, 15) is 9.59 Å². The summed E-state index contributed by atoms with van der Waals surface area (Å²) in [6, 6.07) is 3.70. The van der Waals surface area contributed by atoms with Gasteiger partial charge in [-0.3, -0.25) is 4.79 Å². The maximum absolute atomic E-state index is 11.7. The van der Waals surface area contributed by atoms with Crippen LogP contribution in [-0.2, 0) is 9.59 Å². The first kappa shape index (κ1) is 17.9. The van der Waals surface area contributed by atoms with Gasteiger partial charge in [0.1, 0.15) is 11.8 Å². The van der Waals surface area contributed by atoms with E-state index < -0.39 is 17.9 Å². The van der Waals surface area contributed by atoms with E-state index in [2.05, 4.69) is 5.32 Å². The Morgan fingerprint density at radius 3 is 2.71 bits per heavy atom. The number of nitrogens with one attached hydrogen (secondary N) is 1. The van der Waals surface area contributed by atoms with Gasteiger partial charge in [-0.25, -0.2) is 4.79 Å². The second-order valence-electron chi connectivity index (χ2n) is 4.10. The van der Waals surface area contributed by atoms with Crippen molar-refractivity contribution >= 4 is 46.8 Å². The molecule has 0 heterocycles. The van der Waals surface area contributed by atoms with Gasteiger partial charge in [-0.15, -0.1) is 0 Å². The Bertz CT molecular complexity index is 513. The Labute approximate surface area is 136 Å². The lowest BCUT2D eigenvalue weighted by atomic mass is 10.2. The molecule has 8 heteroatoms. The number of aliphatic carboxylic acids is 1. The average Bonchev–Trinajstić information content (AvgIpc) is 2.42. The summed E-state index contributed by atoms with van der Waals surface area (Å²) in [7, 11) is 0. The molecule has 1 aromatic carbocycles. The number of ether oxygens (including phenoxy) is 1. The van der Waals surface area contributed by atoms with E-state index in [0.29, 0.717) is 22.9 Å². The summed E-state index contributed by atoms with van der Waals surface area (Å²) in [6.07, 6.45) is 2.22. The first-order chi connectivity index (χ1) is 9.93. The van der Waals surface area contributed by atoms with E-state index in [4.69, 9.17) is 33.0 Å². The van der Waals surface area contributed by atoms with Crippen LogP contribution in [0.1, 0.15) is 6.42 Å². The topological polar surface area (TPSA) is 75.6 Å². The molecule has 1 unspecified atom stereocenters. The molecule has 0 radical (unpaired) electrons. The lowest BCUT2D eigenvalue weighted by Crippen LogP contribution is -2.43. The van der Waals surface area contributed by atoms with E-state index in [-0.39, 0.29) is 11.6 Å². The van der Waals surface area contributed by atoms with Crippen molar-refractivity contribution in [3.05, 3.63) is 28.2 Å². The summed E-state index contributed by atoms with van der Waals surface area (Å²) in [5.41, 5.74) is 0. The van der Waals surface area contributed by atoms with Crippen LogP contribution in [0, 0.1) is 0 Å². The van der Waals surface area contributed by atoms with Crippen molar-refractivity contribution in [3.8, 4) is 5.75 Å². The molecule has 0 saturated carbocycles. The minimum absolute atomic E-state index is 0.285. The number of hydrogen-bond donors (Lipinski definition) is 2. The van der Waals surface area contributed by atoms with Crippen molar-refractivity contribution in [2.24, 2.45) is 0 Å². The van der Waals surface area contributed by atoms with Crippen LogP contribution in [0.15, 0.2) is 18.2 Å². The first-order valence-corrected chi connectivity index (χ1v) is 8.18. The zero-order valence-corrected chi connectivity index (χ0v) is 13.6. The molecule has 1 rings (SSSR count). The van der Waals surface area contributed by atoms with Crippen LogP contribution >= 0.6 is 35.0 Å². The molecule has 0 fully saturated rings. The molecule has 0 aliphatic heterocycles. The Morgan fingerprint density at radius 2 is 2.14 bits per heavy atom. The van der Waals surface area contributed by atoms with Crippen LogP contribution in [0.5, 0.6) is 5.75 Å². The number of carbonyl (C=O) groups is 2. The zero-order chi connectivity index (χ0) is 15.8. The molecule has 0 spiro atoms. The molecule has 0 saturated heterocycles. The third-order valence-corrected chi connectivity index (χ3v) is 3.67. The van der Waals surface area contributed by atoms with Crippen molar-refractivity contribution in [2.75, 3.05) is 18.6 Å². The molecule has 0 aliphatic rings. The number of carboxylic acids is 1. The molecule has 0 bridgehead atoms. The van der Waals surface area contributed by atoms with Gasteiger partial charge in [0, 0.05) is 5.02 Å². The van der Waals surface area contributed by atoms with E-state index in [1.54, 1.807) is 12.1 Å². The molecular formula is C13H15Cl2NO4S. The number of hydrogen-bond acceptors (Lipinski definition) is 4. The smallest absolute Gasteiger partial charge is 0.326 e. The molecule has 116 valence electrons. The normalized spacial score (nSPS) is 11.8. The van der Waals surface area contributed by atoms with Crippen molar-refractivity contribution in [1.29, 1.82) is 0 Å². The van der Waals surface area contributed by atoms with Gasteiger partial charge in [0.2, 0.25) is 0 Å². The summed E-state index contributed by atoms with van der Waals surface area (Å²) >= 11 is 13.2. The zero-order valence-electron chi connectivity index (χ0n) is 11.3. The third kappa shape index (κ3) is 6.46. The van der Waals surface area contributed by atoms with Crippen LogP contribution in [-0.4, -0.2) is 41.6 Å². The average molecular weight is 352 g/mol. The Hall–Kier alpha value is -1.11. The number of amides is 1. The number of carboxylic acid groups (broad SMARTS) is 1. The van der Waals surface area contributed by atoms with Crippen molar-refractivity contribution < 1.29 is 19.4 Å². The van der Waals surface area contributed by atoms with Crippen LogP contribution in [0.25, 0.3) is 0 Å². The largest absolute Gasteiger partial charge is 0.482 e. The SMILES string of the molecule is CSCCC(NC(=O)COc1ccc(Cl)cc1Cl)C(=O)O. The minimum atomic E-state index is -1.07. The first-order valence-electron chi connectivity index (χ1n) is 6.03. The van der Waals surface area contributed by atoms with Crippen LogP contribution in [0.4, 0.5) is 0 Å². The molecule has 0 aliphatic carbocycles. The predicted octanol–water partition coefficient (Wildman–Crippen LogP) is 2.69. The second-order valence-corrected chi connectivity index (χ2v) is 5.93. The van der Waals surface area contributed by atoms with Gasteiger partial charge in [0.25, 0.3) is 5.91 Å². The molecule has 5 nitrogen and oxygen atoms in total. The van der Waals surface area contributed by atoms with E-state index in [0.717, 1.165) is 0 Å². The van der Waals surface area contributed by atoms with E-state index in [1.807, 2.05) is 6.26 Å². The van der Waals surface area contributed by atoms with Crippen molar-refractivity contribution in [2.45, 2.75) is 12.5 Å². The maximum Gasteiger partial charge on any atom is 0.326 e. The number of carbonyl (C=O) groups excluding carboxylic acids is 1. The van der Waals surface area contributed by atoms with Gasteiger partial charge in [0.15, 0.2) is 6.61 Å². The molecule has 1 aromatic rings. The fraction of sp³-hybridized carbons (Fsp3) is 0.385. The number of rotatable bonds is 8. The summed E-state index contributed by atoms with van der Waals surface area (Å²) in [5, 5.41) is 12.2. The third-order valence-electron chi connectivity index (χ3n) is 2.50. The predicted molar refractivity (Wildman–Crippen MR) is 84.5 cm³/mol. The standard InChI is InChI=1S/C13H15Cl2NO4S/c1-21-5-4-10(13(18)19)16-12(17)7-20-11-3-2-8(14)6-9(11)15/h2-3,6,10H,4-5,7H2,1H3,(H,16,17)(H,18,19). The highest BCUT2D eigenvalue weighted by Gasteiger charge is 2.19. The van der Waals surface area contributed by atoms with Gasteiger partial charge in [-0.1, -0.05) is 23.2 Å². The van der Waals surface area contributed by atoms with E-state index >= 15 is 0 Å². The molecular weight excluding hydrogens is 337 g/mol. The Morgan fingerprint density at radius 1 is 1.43 bits per heavy atom. The Kier molecular flexibility index (Phi) is 7.71. The minimum Gasteiger partial charge on any atom is -0.482 e.